The third-order valence-corrected chi connectivity index (χ3v) is 4.57. The Morgan fingerprint density at radius 1 is 1.21 bits per heavy atom. The molecule has 1 N–H and O–H groups in total. The van der Waals surface area contributed by atoms with E-state index in [1.807, 2.05) is 24.3 Å². The van der Waals surface area contributed by atoms with Crippen LogP contribution in [-0.2, 0) is 30.2 Å². The molecule has 0 aromatic heterocycles. The van der Waals surface area contributed by atoms with E-state index in [0.29, 0.717) is 19.4 Å². The molecule has 0 radical (unpaired) electrons. The molecule has 0 saturated heterocycles. The minimum atomic E-state index is -1.16. The maximum Gasteiger partial charge on any atom is 0.408 e. The molecular formula is C21H29NO6. The first-order valence-electron chi connectivity index (χ1n) is 9.46. The maximum absolute atomic E-state index is 12.5. The lowest BCUT2D eigenvalue weighted by Crippen LogP contribution is -2.47. The molecule has 1 aliphatic carbocycles. The number of nitrogens with one attached hydrogen (secondary N) is 1. The van der Waals surface area contributed by atoms with E-state index in [1.165, 1.54) is 7.11 Å². The predicted molar refractivity (Wildman–Crippen MR) is 103 cm³/mol. The van der Waals surface area contributed by atoms with Crippen molar-refractivity contribution < 1.29 is 28.6 Å². The highest BCUT2D eigenvalue weighted by molar-refractivity contribution is 5.91. The van der Waals surface area contributed by atoms with Gasteiger partial charge in [0.05, 0.1) is 13.7 Å². The zero-order valence-corrected chi connectivity index (χ0v) is 17.2. The molecule has 2 rings (SSSR count). The Morgan fingerprint density at radius 3 is 2.50 bits per heavy atom. The quantitative estimate of drug-likeness (QED) is 0.567. The fraction of sp³-hybridized carbons (Fsp3) is 0.571. The van der Waals surface area contributed by atoms with Crippen LogP contribution in [-0.4, -0.2) is 42.9 Å². The van der Waals surface area contributed by atoms with Gasteiger partial charge < -0.3 is 19.5 Å². The molecule has 0 heterocycles. The fourth-order valence-corrected chi connectivity index (χ4v) is 3.29. The third kappa shape index (κ3) is 5.24. The summed E-state index contributed by atoms with van der Waals surface area (Å²) in [6.07, 6.45) is 0.497. The molecule has 7 nitrogen and oxygen atoms in total. The van der Waals surface area contributed by atoms with Gasteiger partial charge in [0, 0.05) is 12.3 Å². The van der Waals surface area contributed by atoms with Crippen LogP contribution >= 0.6 is 0 Å². The SMILES string of the molecule is CCOC(=O)CCc1ccccc1[C@@H]1CC1(NC(=O)OC(C)(C)C)C(=O)OC. The van der Waals surface area contributed by atoms with Gasteiger partial charge in [-0.3, -0.25) is 4.79 Å². The molecule has 1 amide bonds. The highest BCUT2D eigenvalue weighted by Crippen LogP contribution is 2.53. The summed E-state index contributed by atoms with van der Waals surface area (Å²) < 4.78 is 15.2. The van der Waals surface area contributed by atoms with Crippen molar-refractivity contribution in [3.8, 4) is 0 Å². The van der Waals surface area contributed by atoms with Crippen molar-refractivity contribution in [1.82, 2.24) is 5.32 Å². The van der Waals surface area contributed by atoms with Crippen molar-refractivity contribution >= 4 is 18.0 Å². The van der Waals surface area contributed by atoms with Gasteiger partial charge in [0.2, 0.25) is 0 Å². The maximum atomic E-state index is 12.5. The van der Waals surface area contributed by atoms with E-state index in [2.05, 4.69) is 5.32 Å². The monoisotopic (exact) mass is 391 g/mol. The molecule has 7 heteroatoms. The Bertz CT molecular complexity index is 739. The van der Waals surface area contributed by atoms with E-state index in [1.54, 1.807) is 27.7 Å². The van der Waals surface area contributed by atoms with E-state index in [0.717, 1.165) is 11.1 Å². The normalized spacial score (nSPS) is 20.8. The van der Waals surface area contributed by atoms with Gasteiger partial charge in [-0.2, -0.15) is 0 Å². The standard InChI is InChI=1S/C21H29NO6/c1-6-27-17(23)12-11-14-9-7-8-10-15(14)16-13-21(16,18(24)26-5)22-19(25)28-20(2,3)4/h7-10,16H,6,11-13H2,1-5H3,(H,22,25)/t16-,21?/m0/s1. The van der Waals surface area contributed by atoms with E-state index < -0.39 is 23.2 Å². The highest BCUT2D eigenvalue weighted by Gasteiger charge is 2.63. The Labute approximate surface area is 165 Å². The van der Waals surface area contributed by atoms with E-state index in [-0.39, 0.29) is 18.3 Å². The van der Waals surface area contributed by atoms with Crippen molar-refractivity contribution in [2.75, 3.05) is 13.7 Å². The Hall–Kier alpha value is -2.57. The second-order valence-electron chi connectivity index (χ2n) is 7.85. The summed E-state index contributed by atoms with van der Waals surface area (Å²) in [6.45, 7) is 7.38. The van der Waals surface area contributed by atoms with Gasteiger partial charge in [0.1, 0.15) is 11.1 Å². The van der Waals surface area contributed by atoms with E-state index in [9.17, 15) is 14.4 Å². The molecule has 0 aliphatic heterocycles. The number of rotatable bonds is 7. The molecule has 1 saturated carbocycles. The molecule has 28 heavy (non-hydrogen) atoms. The average molecular weight is 391 g/mol. The van der Waals surface area contributed by atoms with Gasteiger partial charge in [-0.05, 0) is 51.7 Å². The van der Waals surface area contributed by atoms with Crippen LogP contribution in [0.2, 0.25) is 0 Å². The number of alkyl carbamates (subject to hydrolysis) is 1. The van der Waals surface area contributed by atoms with Gasteiger partial charge >= 0.3 is 18.0 Å². The molecule has 2 atom stereocenters. The topological polar surface area (TPSA) is 90.9 Å². The second kappa shape index (κ2) is 8.63. The Balaban J connectivity index is 2.19. The minimum absolute atomic E-state index is 0.245. The number of ether oxygens (including phenoxy) is 3. The first kappa shape index (κ1) is 21.7. The van der Waals surface area contributed by atoms with Crippen LogP contribution in [0, 0.1) is 0 Å². The third-order valence-electron chi connectivity index (χ3n) is 4.57. The average Bonchev–Trinajstić information content (AvgIpc) is 3.33. The Kier molecular flexibility index (Phi) is 6.69. The van der Waals surface area contributed by atoms with Gasteiger partial charge in [-0.25, -0.2) is 9.59 Å². The molecule has 1 aromatic carbocycles. The molecule has 1 aliphatic rings. The first-order chi connectivity index (χ1) is 13.1. The second-order valence-corrected chi connectivity index (χ2v) is 7.85. The van der Waals surface area contributed by atoms with Crippen LogP contribution in [0.4, 0.5) is 4.79 Å². The number of hydrogen-bond donors (Lipinski definition) is 1. The number of methoxy groups -OCH3 is 1. The smallest absolute Gasteiger partial charge is 0.408 e. The minimum Gasteiger partial charge on any atom is -0.467 e. The van der Waals surface area contributed by atoms with Gasteiger partial charge in [-0.15, -0.1) is 0 Å². The number of carbonyl (C=O) groups is 3. The lowest BCUT2D eigenvalue weighted by Gasteiger charge is -2.23. The number of carbonyl (C=O) groups excluding carboxylic acids is 3. The summed E-state index contributed by atoms with van der Waals surface area (Å²) in [6, 6.07) is 7.58. The number of esters is 2. The summed E-state index contributed by atoms with van der Waals surface area (Å²) in [4.78, 5) is 36.5. The van der Waals surface area contributed by atoms with E-state index >= 15 is 0 Å². The Morgan fingerprint density at radius 2 is 1.89 bits per heavy atom. The van der Waals surface area contributed by atoms with Crippen molar-refractivity contribution in [2.24, 2.45) is 0 Å². The van der Waals surface area contributed by atoms with Crippen molar-refractivity contribution in [3.05, 3.63) is 35.4 Å². The van der Waals surface area contributed by atoms with Crippen molar-refractivity contribution in [2.45, 2.75) is 64.0 Å². The number of amides is 1. The summed E-state index contributed by atoms with van der Waals surface area (Å²) >= 11 is 0. The van der Waals surface area contributed by atoms with E-state index in [4.69, 9.17) is 14.2 Å². The molecule has 1 fully saturated rings. The van der Waals surface area contributed by atoms with Crippen LogP contribution in [0.3, 0.4) is 0 Å². The van der Waals surface area contributed by atoms with Crippen LogP contribution in [0.1, 0.15) is 57.6 Å². The van der Waals surface area contributed by atoms with Crippen LogP contribution < -0.4 is 5.32 Å². The molecule has 1 aromatic rings. The summed E-state index contributed by atoms with van der Waals surface area (Å²) in [5.41, 5.74) is 0.0195. The van der Waals surface area contributed by atoms with Gasteiger partial charge in [0.25, 0.3) is 0 Å². The molecule has 154 valence electrons. The summed E-state index contributed by atoms with van der Waals surface area (Å²) in [5.74, 6) is -1.02. The fourth-order valence-electron chi connectivity index (χ4n) is 3.29. The molecular weight excluding hydrogens is 362 g/mol. The highest BCUT2D eigenvalue weighted by atomic mass is 16.6. The van der Waals surface area contributed by atoms with Gasteiger partial charge in [-0.1, -0.05) is 24.3 Å². The van der Waals surface area contributed by atoms with Crippen LogP contribution in [0.25, 0.3) is 0 Å². The van der Waals surface area contributed by atoms with Gasteiger partial charge in [0.15, 0.2) is 0 Å². The van der Waals surface area contributed by atoms with Crippen molar-refractivity contribution in [3.63, 3.8) is 0 Å². The lowest BCUT2D eigenvalue weighted by molar-refractivity contribution is -0.145. The molecule has 0 bridgehead atoms. The number of hydrogen-bond acceptors (Lipinski definition) is 6. The molecule has 1 unspecified atom stereocenters. The zero-order valence-electron chi connectivity index (χ0n) is 17.2. The zero-order chi connectivity index (χ0) is 20.9. The largest absolute Gasteiger partial charge is 0.467 e. The summed E-state index contributed by atoms with van der Waals surface area (Å²) in [5, 5.41) is 2.71. The number of aryl methyl sites for hydroxylation is 1. The predicted octanol–water partition coefficient (Wildman–Crippen LogP) is 3.11. The van der Waals surface area contributed by atoms with Crippen molar-refractivity contribution in [1.29, 1.82) is 0 Å². The first-order valence-corrected chi connectivity index (χ1v) is 9.46. The van der Waals surface area contributed by atoms with Crippen LogP contribution in [0.15, 0.2) is 24.3 Å². The summed E-state index contributed by atoms with van der Waals surface area (Å²) in [7, 11) is 1.29. The molecule has 0 spiro atoms. The van der Waals surface area contributed by atoms with Crippen LogP contribution in [0.5, 0.6) is 0 Å². The lowest BCUT2D eigenvalue weighted by atomic mass is 9.97. The number of benzene rings is 1.